The lowest BCUT2D eigenvalue weighted by atomic mass is 10.1. The van der Waals surface area contributed by atoms with Gasteiger partial charge in [0.15, 0.2) is 0 Å². The second-order valence-electron chi connectivity index (χ2n) is 4.04. The standard InChI is InChI=1S/C11H20BrNO/c1-2-3-4-7-11(14)13-8-5-6-10(12)9-13/h10H,2-9H2,1H3. The first-order valence-electron chi connectivity index (χ1n) is 5.66. The van der Waals surface area contributed by atoms with Crippen molar-refractivity contribution in [3.05, 3.63) is 0 Å². The van der Waals surface area contributed by atoms with Crippen molar-refractivity contribution < 1.29 is 4.79 Å². The molecule has 0 saturated carbocycles. The van der Waals surface area contributed by atoms with Gasteiger partial charge in [0.25, 0.3) is 0 Å². The Morgan fingerprint density at radius 3 is 2.93 bits per heavy atom. The summed E-state index contributed by atoms with van der Waals surface area (Å²) < 4.78 is 0. The summed E-state index contributed by atoms with van der Waals surface area (Å²) in [5, 5.41) is 0. The minimum atomic E-state index is 0.350. The van der Waals surface area contributed by atoms with Crippen molar-refractivity contribution in [3.8, 4) is 0 Å². The van der Waals surface area contributed by atoms with E-state index in [1.165, 1.54) is 19.3 Å². The summed E-state index contributed by atoms with van der Waals surface area (Å²) in [5.74, 6) is 0.350. The fourth-order valence-corrected chi connectivity index (χ4v) is 2.51. The maximum absolute atomic E-state index is 11.7. The van der Waals surface area contributed by atoms with Crippen molar-refractivity contribution in [1.82, 2.24) is 4.90 Å². The van der Waals surface area contributed by atoms with Crippen LogP contribution in [0.15, 0.2) is 0 Å². The van der Waals surface area contributed by atoms with Gasteiger partial charge in [0.1, 0.15) is 0 Å². The molecule has 0 aromatic rings. The van der Waals surface area contributed by atoms with Gasteiger partial charge in [-0.15, -0.1) is 0 Å². The van der Waals surface area contributed by atoms with Crippen LogP contribution in [-0.4, -0.2) is 28.7 Å². The number of piperidine rings is 1. The average Bonchev–Trinajstić information content (AvgIpc) is 2.18. The van der Waals surface area contributed by atoms with Crippen LogP contribution in [0.3, 0.4) is 0 Å². The van der Waals surface area contributed by atoms with E-state index in [9.17, 15) is 4.79 Å². The first-order valence-corrected chi connectivity index (χ1v) is 6.57. The van der Waals surface area contributed by atoms with Gasteiger partial charge >= 0.3 is 0 Å². The van der Waals surface area contributed by atoms with Crippen LogP contribution in [0.5, 0.6) is 0 Å². The zero-order valence-electron chi connectivity index (χ0n) is 8.97. The highest BCUT2D eigenvalue weighted by Gasteiger charge is 2.20. The number of nitrogens with zero attached hydrogens (tertiary/aromatic N) is 1. The second kappa shape index (κ2) is 6.44. The number of likely N-dealkylation sites (tertiary alicyclic amines) is 1. The summed E-state index contributed by atoms with van der Waals surface area (Å²) in [6.07, 6.45) is 6.52. The molecular weight excluding hydrogens is 242 g/mol. The smallest absolute Gasteiger partial charge is 0.222 e. The fourth-order valence-electron chi connectivity index (χ4n) is 1.84. The molecule has 0 spiro atoms. The highest BCUT2D eigenvalue weighted by molar-refractivity contribution is 9.09. The average molecular weight is 262 g/mol. The van der Waals surface area contributed by atoms with E-state index in [0.29, 0.717) is 10.7 Å². The third kappa shape index (κ3) is 3.99. The first-order chi connectivity index (χ1) is 6.74. The summed E-state index contributed by atoms with van der Waals surface area (Å²) in [6.45, 7) is 4.04. The largest absolute Gasteiger partial charge is 0.342 e. The molecule has 1 saturated heterocycles. The van der Waals surface area contributed by atoms with E-state index in [1.807, 2.05) is 4.90 Å². The molecule has 1 atom stereocenters. The number of amides is 1. The van der Waals surface area contributed by atoms with Gasteiger partial charge in [-0.05, 0) is 19.3 Å². The predicted octanol–water partition coefficient (Wildman–Crippen LogP) is 2.95. The Morgan fingerprint density at radius 1 is 1.50 bits per heavy atom. The lowest BCUT2D eigenvalue weighted by Crippen LogP contribution is -2.40. The molecule has 1 heterocycles. The van der Waals surface area contributed by atoms with Crippen LogP contribution in [-0.2, 0) is 4.79 Å². The number of unbranched alkanes of at least 4 members (excludes halogenated alkanes) is 2. The summed E-state index contributed by atoms with van der Waals surface area (Å²) in [6, 6.07) is 0. The molecule has 1 unspecified atom stereocenters. The van der Waals surface area contributed by atoms with Gasteiger partial charge in [-0.3, -0.25) is 4.79 Å². The number of rotatable bonds is 4. The number of carbonyl (C=O) groups is 1. The van der Waals surface area contributed by atoms with Crippen LogP contribution in [0, 0.1) is 0 Å². The molecule has 1 aliphatic rings. The third-order valence-corrected chi connectivity index (χ3v) is 3.46. The SMILES string of the molecule is CCCCCC(=O)N1CCCC(Br)C1. The van der Waals surface area contributed by atoms with Gasteiger partial charge in [-0.25, -0.2) is 0 Å². The zero-order chi connectivity index (χ0) is 10.4. The Morgan fingerprint density at radius 2 is 2.29 bits per heavy atom. The molecule has 0 aromatic carbocycles. The van der Waals surface area contributed by atoms with Gasteiger partial charge in [0, 0.05) is 24.3 Å². The third-order valence-electron chi connectivity index (χ3n) is 2.71. The number of hydrogen-bond acceptors (Lipinski definition) is 1. The Balaban J connectivity index is 2.22. The number of hydrogen-bond donors (Lipinski definition) is 0. The van der Waals surface area contributed by atoms with Gasteiger partial charge in [0.05, 0.1) is 0 Å². The lowest BCUT2D eigenvalue weighted by molar-refractivity contribution is -0.132. The minimum absolute atomic E-state index is 0.350. The maximum Gasteiger partial charge on any atom is 0.222 e. The highest BCUT2D eigenvalue weighted by atomic mass is 79.9. The molecule has 1 amide bonds. The van der Waals surface area contributed by atoms with E-state index in [1.54, 1.807) is 0 Å². The molecule has 82 valence electrons. The maximum atomic E-state index is 11.7. The van der Waals surface area contributed by atoms with Crippen molar-refractivity contribution in [2.24, 2.45) is 0 Å². The van der Waals surface area contributed by atoms with Gasteiger partial charge in [0.2, 0.25) is 5.91 Å². The fraction of sp³-hybridized carbons (Fsp3) is 0.909. The molecule has 14 heavy (non-hydrogen) atoms. The second-order valence-corrected chi connectivity index (χ2v) is 5.33. The van der Waals surface area contributed by atoms with E-state index >= 15 is 0 Å². The van der Waals surface area contributed by atoms with Crippen molar-refractivity contribution >= 4 is 21.8 Å². The molecule has 0 bridgehead atoms. The molecule has 1 aliphatic heterocycles. The van der Waals surface area contributed by atoms with E-state index in [2.05, 4.69) is 22.9 Å². The van der Waals surface area contributed by atoms with Crippen LogP contribution in [0.25, 0.3) is 0 Å². The molecule has 2 nitrogen and oxygen atoms in total. The summed E-state index contributed by atoms with van der Waals surface area (Å²) >= 11 is 3.58. The first kappa shape index (κ1) is 12.0. The van der Waals surface area contributed by atoms with Crippen molar-refractivity contribution in [2.45, 2.75) is 50.3 Å². The predicted molar refractivity (Wildman–Crippen MR) is 62.7 cm³/mol. The molecule has 1 rings (SSSR count). The molecule has 0 aliphatic carbocycles. The Labute approximate surface area is 95.2 Å². The summed E-state index contributed by atoms with van der Waals surface area (Å²) in [7, 11) is 0. The zero-order valence-corrected chi connectivity index (χ0v) is 10.6. The number of carbonyl (C=O) groups excluding carboxylic acids is 1. The van der Waals surface area contributed by atoms with Crippen LogP contribution in [0.4, 0.5) is 0 Å². The van der Waals surface area contributed by atoms with Crippen molar-refractivity contribution in [2.75, 3.05) is 13.1 Å². The topological polar surface area (TPSA) is 20.3 Å². The van der Waals surface area contributed by atoms with Crippen LogP contribution in [0.2, 0.25) is 0 Å². The Bertz CT molecular complexity index is 184. The molecule has 3 heteroatoms. The lowest BCUT2D eigenvalue weighted by Gasteiger charge is -2.30. The molecule has 0 radical (unpaired) electrons. The molecule has 0 aromatic heterocycles. The van der Waals surface area contributed by atoms with E-state index in [-0.39, 0.29) is 0 Å². The molecule has 0 N–H and O–H groups in total. The summed E-state index contributed by atoms with van der Waals surface area (Å²) in [4.78, 5) is 14.3. The highest BCUT2D eigenvalue weighted by Crippen LogP contribution is 2.17. The van der Waals surface area contributed by atoms with Gasteiger partial charge in [-0.2, -0.15) is 0 Å². The molecule has 1 fully saturated rings. The van der Waals surface area contributed by atoms with E-state index in [0.717, 1.165) is 32.4 Å². The van der Waals surface area contributed by atoms with E-state index in [4.69, 9.17) is 0 Å². The number of alkyl halides is 1. The Hall–Kier alpha value is -0.0500. The quantitative estimate of drug-likeness (QED) is 0.563. The Kier molecular flexibility index (Phi) is 5.53. The summed E-state index contributed by atoms with van der Waals surface area (Å²) in [5.41, 5.74) is 0. The van der Waals surface area contributed by atoms with Gasteiger partial charge in [-0.1, -0.05) is 35.7 Å². The van der Waals surface area contributed by atoms with Crippen LogP contribution < -0.4 is 0 Å². The monoisotopic (exact) mass is 261 g/mol. The number of halogens is 1. The van der Waals surface area contributed by atoms with Crippen molar-refractivity contribution in [1.29, 1.82) is 0 Å². The molecular formula is C11H20BrNO. The van der Waals surface area contributed by atoms with Gasteiger partial charge < -0.3 is 4.90 Å². The van der Waals surface area contributed by atoms with E-state index < -0.39 is 0 Å². The normalized spacial score (nSPS) is 22.4. The van der Waals surface area contributed by atoms with Crippen molar-refractivity contribution in [3.63, 3.8) is 0 Å². The van der Waals surface area contributed by atoms with Crippen LogP contribution >= 0.6 is 15.9 Å². The van der Waals surface area contributed by atoms with Crippen LogP contribution in [0.1, 0.15) is 45.4 Å². The minimum Gasteiger partial charge on any atom is -0.342 e.